The lowest BCUT2D eigenvalue weighted by atomic mass is 10.0. The zero-order chi connectivity index (χ0) is 13.1. The summed E-state index contributed by atoms with van der Waals surface area (Å²) < 4.78 is 13.3. The van der Waals surface area contributed by atoms with E-state index in [4.69, 9.17) is 0 Å². The Morgan fingerprint density at radius 2 is 2.39 bits per heavy atom. The monoisotopic (exact) mass is 251 g/mol. The van der Waals surface area contributed by atoms with Crippen molar-refractivity contribution in [3.63, 3.8) is 0 Å². The van der Waals surface area contributed by atoms with Crippen molar-refractivity contribution in [2.75, 3.05) is 13.6 Å². The van der Waals surface area contributed by atoms with Crippen LogP contribution in [0.25, 0.3) is 0 Å². The van der Waals surface area contributed by atoms with Gasteiger partial charge >= 0.3 is 0 Å². The summed E-state index contributed by atoms with van der Waals surface area (Å²) in [5, 5.41) is 2.64. The molecule has 1 aliphatic rings. The Hall–Kier alpha value is -1.98. The highest BCUT2D eigenvalue weighted by Crippen LogP contribution is 2.11. The topological polar surface area (TPSA) is 62.3 Å². The van der Waals surface area contributed by atoms with Gasteiger partial charge in [-0.15, -0.1) is 0 Å². The van der Waals surface area contributed by atoms with E-state index in [0.717, 1.165) is 0 Å². The Kier molecular flexibility index (Phi) is 3.55. The molecule has 1 aromatic rings. The number of piperidine rings is 1. The molecule has 96 valence electrons. The molecule has 1 aromatic heterocycles. The van der Waals surface area contributed by atoms with Crippen LogP contribution in [0, 0.1) is 5.82 Å². The van der Waals surface area contributed by atoms with E-state index in [1.807, 2.05) is 0 Å². The molecule has 5 nitrogen and oxygen atoms in total. The van der Waals surface area contributed by atoms with Crippen molar-refractivity contribution in [3.8, 4) is 0 Å². The van der Waals surface area contributed by atoms with E-state index < -0.39 is 11.7 Å². The molecule has 1 atom stereocenters. The SMILES string of the molecule is CN1CCC(NC(=O)c2ncccc2F)CC1=O. The van der Waals surface area contributed by atoms with Gasteiger partial charge in [-0.25, -0.2) is 9.37 Å². The number of aromatic nitrogens is 1. The highest BCUT2D eigenvalue weighted by atomic mass is 19.1. The van der Waals surface area contributed by atoms with Crippen molar-refractivity contribution in [2.45, 2.75) is 18.9 Å². The van der Waals surface area contributed by atoms with Gasteiger partial charge in [0.05, 0.1) is 0 Å². The molecule has 6 heteroatoms. The van der Waals surface area contributed by atoms with E-state index in [1.54, 1.807) is 11.9 Å². The molecule has 2 amide bonds. The third-order valence-corrected chi connectivity index (χ3v) is 2.97. The number of pyridine rings is 1. The van der Waals surface area contributed by atoms with Crippen LogP contribution < -0.4 is 5.32 Å². The molecular formula is C12H14FN3O2. The van der Waals surface area contributed by atoms with Gasteiger partial charge in [-0.1, -0.05) is 0 Å². The highest BCUT2D eigenvalue weighted by molar-refractivity contribution is 5.93. The van der Waals surface area contributed by atoms with E-state index in [1.165, 1.54) is 18.3 Å². The number of nitrogens with zero attached hydrogens (tertiary/aromatic N) is 2. The number of carbonyl (C=O) groups excluding carboxylic acids is 2. The third-order valence-electron chi connectivity index (χ3n) is 2.97. The minimum atomic E-state index is -0.658. The van der Waals surface area contributed by atoms with Gasteiger partial charge in [0.2, 0.25) is 5.91 Å². The summed E-state index contributed by atoms with van der Waals surface area (Å²) >= 11 is 0. The van der Waals surface area contributed by atoms with Crippen molar-refractivity contribution in [2.24, 2.45) is 0 Å². The van der Waals surface area contributed by atoms with E-state index >= 15 is 0 Å². The van der Waals surface area contributed by atoms with E-state index in [0.29, 0.717) is 13.0 Å². The Morgan fingerprint density at radius 1 is 1.61 bits per heavy atom. The lowest BCUT2D eigenvalue weighted by Gasteiger charge is -2.29. The number of amides is 2. The van der Waals surface area contributed by atoms with Crippen LogP contribution in [0.3, 0.4) is 0 Å². The maximum atomic E-state index is 13.3. The summed E-state index contributed by atoms with van der Waals surface area (Å²) in [5.74, 6) is -1.25. The molecule has 0 radical (unpaired) electrons. The van der Waals surface area contributed by atoms with Crippen molar-refractivity contribution in [1.29, 1.82) is 0 Å². The maximum absolute atomic E-state index is 13.3. The van der Waals surface area contributed by atoms with Crippen LogP contribution in [-0.2, 0) is 4.79 Å². The van der Waals surface area contributed by atoms with Gasteiger partial charge < -0.3 is 10.2 Å². The first kappa shape index (κ1) is 12.5. The second-order valence-electron chi connectivity index (χ2n) is 4.31. The second-order valence-corrected chi connectivity index (χ2v) is 4.31. The molecule has 18 heavy (non-hydrogen) atoms. The van der Waals surface area contributed by atoms with Gasteiger partial charge in [-0.2, -0.15) is 0 Å². The van der Waals surface area contributed by atoms with Crippen molar-refractivity contribution < 1.29 is 14.0 Å². The van der Waals surface area contributed by atoms with Crippen molar-refractivity contribution >= 4 is 11.8 Å². The van der Waals surface area contributed by atoms with Crippen LogP contribution in [0.1, 0.15) is 23.3 Å². The summed E-state index contributed by atoms with van der Waals surface area (Å²) in [6.45, 7) is 0.592. The molecule has 1 aliphatic heterocycles. The quantitative estimate of drug-likeness (QED) is 0.836. The summed E-state index contributed by atoms with van der Waals surface area (Å²) in [6.07, 6.45) is 2.27. The van der Waals surface area contributed by atoms with Crippen molar-refractivity contribution in [3.05, 3.63) is 29.8 Å². The fourth-order valence-electron chi connectivity index (χ4n) is 1.87. The average molecular weight is 251 g/mol. The zero-order valence-electron chi connectivity index (χ0n) is 10.0. The first-order valence-corrected chi connectivity index (χ1v) is 5.73. The van der Waals surface area contributed by atoms with E-state index in [2.05, 4.69) is 10.3 Å². The van der Waals surface area contributed by atoms with Crippen LogP contribution in [0.2, 0.25) is 0 Å². The number of carbonyl (C=O) groups is 2. The Labute approximate surface area is 104 Å². The Balaban J connectivity index is 2.00. The Morgan fingerprint density at radius 3 is 3.06 bits per heavy atom. The molecule has 0 bridgehead atoms. The molecule has 0 saturated carbocycles. The number of hydrogen-bond acceptors (Lipinski definition) is 3. The lowest BCUT2D eigenvalue weighted by Crippen LogP contribution is -2.46. The standard InChI is InChI=1S/C12H14FN3O2/c1-16-6-4-8(7-10(16)17)15-12(18)11-9(13)3-2-5-14-11/h2-3,5,8H,4,6-7H2,1H3,(H,15,18). The zero-order valence-corrected chi connectivity index (χ0v) is 10.0. The van der Waals surface area contributed by atoms with Crippen LogP contribution in [0.4, 0.5) is 4.39 Å². The fraction of sp³-hybridized carbons (Fsp3) is 0.417. The normalized spacial score (nSPS) is 19.8. The van der Waals surface area contributed by atoms with Crippen LogP contribution in [0.5, 0.6) is 0 Å². The summed E-state index contributed by atoms with van der Waals surface area (Å²) in [5.41, 5.74) is -0.233. The first-order chi connectivity index (χ1) is 8.58. The van der Waals surface area contributed by atoms with Crippen LogP contribution in [0.15, 0.2) is 18.3 Å². The van der Waals surface area contributed by atoms with Gasteiger partial charge in [-0.3, -0.25) is 9.59 Å². The molecule has 2 rings (SSSR count). The molecule has 1 N–H and O–H groups in total. The van der Waals surface area contributed by atoms with Crippen LogP contribution in [-0.4, -0.2) is 41.3 Å². The summed E-state index contributed by atoms with van der Waals surface area (Å²) in [4.78, 5) is 28.6. The number of nitrogens with one attached hydrogen (secondary N) is 1. The molecule has 2 heterocycles. The highest BCUT2D eigenvalue weighted by Gasteiger charge is 2.25. The number of rotatable bonds is 2. The smallest absolute Gasteiger partial charge is 0.273 e. The molecular weight excluding hydrogens is 237 g/mol. The predicted molar refractivity (Wildman–Crippen MR) is 62.3 cm³/mol. The summed E-state index contributed by atoms with van der Waals surface area (Å²) in [7, 11) is 1.72. The third kappa shape index (κ3) is 2.64. The van der Waals surface area contributed by atoms with E-state index in [9.17, 15) is 14.0 Å². The summed E-state index contributed by atoms with van der Waals surface area (Å²) in [6, 6.07) is 2.36. The van der Waals surface area contributed by atoms with Gasteiger partial charge in [0.15, 0.2) is 11.5 Å². The van der Waals surface area contributed by atoms with Crippen molar-refractivity contribution in [1.82, 2.24) is 15.2 Å². The molecule has 1 unspecified atom stereocenters. The molecule has 0 spiro atoms. The minimum absolute atomic E-state index is 0.0203. The predicted octanol–water partition coefficient (Wildman–Crippen LogP) is 0.571. The number of hydrogen-bond donors (Lipinski definition) is 1. The van der Waals surface area contributed by atoms with E-state index in [-0.39, 0.29) is 24.1 Å². The average Bonchev–Trinajstić information content (AvgIpc) is 2.34. The largest absolute Gasteiger partial charge is 0.347 e. The van der Waals surface area contributed by atoms with Gasteiger partial charge in [0, 0.05) is 32.3 Å². The molecule has 0 aromatic carbocycles. The number of likely N-dealkylation sites (tertiary alicyclic amines) is 1. The van der Waals surface area contributed by atoms with Crippen LogP contribution >= 0.6 is 0 Å². The minimum Gasteiger partial charge on any atom is -0.347 e. The van der Waals surface area contributed by atoms with Gasteiger partial charge in [0.25, 0.3) is 5.91 Å². The Bertz CT molecular complexity index is 478. The molecule has 0 aliphatic carbocycles. The van der Waals surface area contributed by atoms with Gasteiger partial charge in [-0.05, 0) is 18.6 Å². The number of halogens is 1. The lowest BCUT2D eigenvalue weighted by molar-refractivity contribution is -0.132. The maximum Gasteiger partial charge on any atom is 0.273 e. The molecule has 1 fully saturated rings. The fourth-order valence-corrected chi connectivity index (χ4v) is 1.87. The van der Waals surface area contributed by atoms with Gasteiger partial charge in [0.1, 0.15) is 0 Å². The molecule has 1 saturated heterocycles. The second kappa shape index (κ2) is 5.12. The first-order valence-electron chi connectivity index (χ1n) is 5.73.